The summed E-state index contributed by atoms with van der Waals surface area (Å²) in [5.74, 6) is -2.96. The molecule has 5 rings (SSSR count). The van der Waals surface area contributed by atoms with Crippen LogP contribution in [0.15, 0.2) is 49.6 Å². The molecule has 3 aliphatic heterocycles. The minimum atomic E-state index is -1.23. The summed E-state index contributed by atoms with van der Waals surface area (Å²) in [6.45, 7) is 13.7. The Labute approximate surface area is 265 Å². The zero-order valence-corrected chi connectivity index (χ0v) is 26.8. The summed E-state index contributed by atoms with van der Waals surface area (Å²) in [4.78, 5) is 46.5. The minimum Gasteiger partial charge on any atom is -0.465 e. The number of fused-ring (bicyclic) bond motifs is 2. The van der Waals surface area contributed by atoms with Gasteiger partial charge in [0.25, 0.3) is 0 Å². The van der Waals surface area contributed by atoms with Crippen molar-refractivity contribution in [2.24, 2.45) is 17.8 Å². The number of para-hydroxylation sites is 1. The number of hydrogen-bond acceptors (Lipinski definition) is 8. The third-order valence-corrected chi connectivity index (χ3v) is 10.4. The number of amides is 2. The van der Waals surface area contributed by atoms with Gasteiger partial charge in [0.15, 0.2) is 0 Å². The number of unbranched alkanes of at least 4 members (excludes halogenated alkanes) is 2. The Morgan fingerprint density at radius 1 is 1.22 bits per heavy atom. The largest absolute Gasteiger partial charge is 0.465 e. The summed E-state index contributed by atoms with van der Waals surface area (Å²) >= 11 is 0. The van der Waals surface area contributed by atoms with E-state index in [1.165, 1.54) is 0 Å². The molecule has 0 radical (unpaired) electrons. The van der Waals surface area contributed by atoms with Crippen molar-refractivity contribution in [1.82, 2.24) is 24.8 Å². The van der Waals surface area contributed by atoms with E-state index in [0.29, 0.717) is 37.6 Å². The number of aliphatic hydroxyl groups excluding tert-OH is 1. The van der Waals surface area contributed by atoms with Crippen molar-refractivity contribution in [1.29, 1.82) is 0 Å². The molecule has 1 aromatic heterocycles. The van der Waals surface area contributed by atoms with Crippen molar-refractivity contribution in [3.05, 3.63) is 49.6 Å². The maximum Gasteiger partial charge on any atom is 0.312 e. The van der Waals surface area contributed by atoms with E-state index in [4.69, 9.17) is 9.47 Å². The maximum atomic E-state index is 14.9. The lowest BCUT2D eigenvalue weighted by Crippen LogP contribution is -2.60. The molecular formula is C34H47N5O6. The number of nitrogens with zero attached hydrogens (tertiary/aromatic N) is 5. The highest BCUT2D eigenvalue weighted by Gasteiger charge is 2.79. The second-order valence-electron chi connectivity index (χ2n) is 12.7. The molecule has 3 saturated heterocycles. The number of benzene rings is 1. The molecule has 3 aliphatic rings. The summed E-state index contributed by atoms with van der Waals surface area (Å²) in [5.41, 5.74) is -0.673. The third kappa shape index (κ3) is 5.48. The molecule has 0 aliphatic carbocycles. The van der Waals surface area contributed by atoms with Crippen LogP contribution in [0.5, 0.6) is 0 Å². The van der Waals surface area contributed by atoms with Gasteiger partial charge in [-0.05, 0) is 56.6 Å². The monoisotopic (exact) mass is 621 g/mol. The quantitative estimate of drug-likeness (QED) is 0.170. The summed E-state index contributed by atoms with van der Waals surface area (Å²) < 4.78 is 14.3. The second-order valence-corrected chi connectivity index (χ2v) is 12.7. The highest BCUT2D eigenvalue weighted by atomic mass is 16.6. The number of hydrogen-bond donors (Lipinski definition) is 1. The normalized spacial score (nSPS) is 28.2. The molecule has 3 fully saturated rings. The fourth-order valence-corrected chi connectivity index (χ4v) is 7.85. The van der Waals surface area contributed by atoms with Gasteiger partial charge >= 0.3 is 5.97 Å². The summed E-state index contributed by atoms with van der Waals surface area (Å²) in [7, 11) is 0. The number of aliphatic hydroxyl groups is 1. The van der Waals surface area contributed by atoms with Gasteiger partial charge in [-0.3, -0.25) is 14.4 Å². The van der Waals surface area contributed by atoms with Crippen molar-refractivity contribution in [3.8, 4) is 0 Å². The number of ether oxygens (including phenoxy) is 2. The molecule has 1 aromatic carbocycles. The number of carbonyl (C=O) groups is 3. The van der Waals surface area contributed by atoms with Gasteiger partial charge in [-0.2, -0.15) is 0 Å². The van der Waals surface area contributed by atoms with Crippen LogP contribution < -0.4 is 0 Å². The molecule has 1 N–H and O–H groups in total. The maximum absolute atomic E-state index is 14.9. The van der Waals surface area contributed by atoms with E-state index >= 15 is 0 Å². The molecule has 2 unspecified atom stereocenters. The fraction of sp³-hybridized carbons (Fsp3) is 0.618. The van der Waals surface area contributed by atoms with Crippen molar-refractivity contribution in [2.45, 2.75) is 95.7 Å². The molecule has 2 amide bonds. The molecular weight excluding hydrogens is 574 g/mol. The standard InChI is InChI=1S/C34H47N5O6/c1-6-10-11-14-20-44-32(43)28-27-30(41)39(26(21-40)23(5)8-3)29(34(27)18-17-33(28,9-4)45-34)31(42)37(19-7-2)22-38-25-16-13-12-15-24(25)35-36-38/h6-7,12-13,15-16,23,26-29,40H,1-2,8-11,14,17-22H2,3-5H3/t23-,26-,27-,28-,29?,33+,34?/m0/s1. The number of carbonyl (C=O) groups excluding carboxylic acids is 3. The first-order valence-electron chi connectivity index (χ1n) is 16.3. The van der Waals surface area contributed by atoms with Crippen LogP contribution >= 0.6 is 0 Å². The first-order valence-corrected chi connectivity index (χ1v) is 16.3. The molecule has 4 heterocycles. The van der Waals surface area contributed by atoms with E-state index in [-0.39, 0.29) is 44.2 Å². The van der Waals surface area contributed by atoms with Gasteiger partial charge in [0.05, 0.1) is 36.3 Å². The van der Waals surface area contributed by atoms with Gasteiger partial charge < -0.3 is 24.4 Å². The average Bonchev–Trinajstić information content (AvgIpc) is 3.78. The highest BCUT2D eigenvalue weighted by molar-refractivity contribution is 5.98. The molecule has 11 heteroatoms. The summed E-state index contributed by atoms with van der Waals surface area (Å²) in [5, 5.41) is 19.2. The fourth-order valence-electron chi connectivity index (χ4n) is 7.85. The van der Waals surface area contributed by atoms with Crippen LogP contribution in [0.25, 0.3) is 11.0 Å². The Kier molecular flexibility index (Phi) is 9.79. The number of rotatable bonds is 16. The second kappa shape index (κ2) is 13.4. The number of aromatic nitrogens is 3. The average molecular weight is 622 g/mol. The number of allylic oxidation sites excluding steroid dienone is 1. The van der Waals surface area contributed by atoms with Crippen molar-refractivity contribution in [2.75, 3.05) is 19.8 Å². The lowest BCUT2D eigenvalue weighted by atomic mass is 9.65. The molecule has 45 heavy (non-hydrogen) atoms. The Hall–Kier alpha value is -3.57. The third-order valence-electron chi connectivity index (χ3n) is 10.4. The molecule has 7 atom stereocenters. The lowest BCUT2D eigenvalue weighted by Gasteiger charge is -2.41. The Morgan fingerprint density at radius 2 is 2.00 bits per heavy atom. The van der Waals surface area contributed by atoms with Crippen LogP contribution in [-0.2, 0) is 30.5 Å². The van der Waals surface area contributed by atoms with Crippen LogP contribution in [-0.4, -0.2) is 90.7 Å². The molecule has 2 bridgehead atoms. The van der Waals surface area contributed by atoms with Gasteiger partial charge in [0.2, 0.25) is 11.8 Å². The zero-order chi connectivity index (χ0) is 32.4. The van der Waals surface area contributed by atoms with Crippen molar-refractivity contribution in [3.63, 3.8) is 0 Å². The van der Waals surface area contributed by atoms with Gasteiger partial charge in [-0.1, -0.05) is 56.7 Å². The van der Waals surface area contributed by atoms with E-state index in [0.717, 1.165) is 18.4 Å². The van der Waals surface area contributed by atoms with Gasteiger partial charge in [-0.25, -0.2) is 4.68 Å². The van der Waals surface area contributed by atoms with Gasteiger partial charge in [0, 0.05) is 6.54 Å². The predicted molar refractivity (Wildman–Crippen MR) is 168 cm³/mol. The molecule has 1 spiro atoms. The lowest BCUT2D eigenvalue weighted by molar-refractivity contribution is -0.164. The Balaban J connectivity index is 1.55. The van der Waals surface area contributed by atoms with Gasteiger partial charge in [-0.15, -0.1) is 18.3 Å². The van der Waals surface area contributed by atoms with Crippen LogP contribution in [0.2, 0.25) is 0 Å². The minimum absolute atomic E-state index is 0.0763. The van der Waals surface area contributed by atoms with Crippen molar-refractivity contribution >= 4 is 28.8 Å². The van der Waals surface area contributed by atoms with Crippen LogP contribution in [0.3, 0.4) is 0 Å². The Bertz CT molecular complexity index is 1430. The number of likely N-dealkylation sites (tertiary alicyclic amines) is 1. The zero-order valence-electron chi connectivity index (χ0n) is 26.8. The summed E-state index contributed by atoms with van der Waals surface area (Å²) in [6, 6.07) is 5.82. The highest BCUT2D eigenvalue weighted by Crippen LogP contribution is 2.65. The van der Waals surface area contributed by atoms with E-state index < -0.39 is 41.1 Å². The van der Waals surface area contributed by atoms with Crippen molar-refractivity contribution < 1.29 is 29.0 Å². The topological polar surface area (TPSA) is 127 Å². The van der Waals surface area contributed by atoms with E-state index in [1.54, 1.807) is 20.6 Å². The van der Waals surface area contributed by atoms with Crippen LogP contribution in [0.1, 0.15) is 65.7 Å². The van der Waals surface area contributed by atoms with E-state index in [2.05, 4.69) is 23.5 Å². The smallest absolute Gasteiger partial charge is 0.312 e. The SMILES string of the molecule is C=CCCCCOC(=O)[C@@H]1[C@H]2C(=O)N([C@@H](CO)[C@@H](C)CC)C(C(=O)N(CC=C)Cn3nnc4ccccc43)C23CC[C@@]1(CC)O3. The molecule has 0 saturated carbocycles. The van der Waals surface area contributed by atoms with Crippen LogP contribution in [0.4, 0.5) is 0 Å². The first-order chi connectivity index (χ1) is 21.7. The van der Waals surface area contributed by atoms with Gasteiger partial charge in [0.1, 0.15) is 29.7 Å². The molecule has 2 aromatic rings. The Morgan fingerprint density at radius 3 is 2.69 bits per heavy atom. The van der Waals surface area contributed by atoms with E-state index in [9.17, 15) is 19.5 Å². The van der Waals surface area contributed by atoms with E-state index in [1.807, 2.05) is 51.1 Å². The molecule has 244 valence electrons. The summed E-state index contributed by atoms with van der Waals surface area (Å²) in [6.07, 6.45) is 8.00. The molecule has 11 nitrogen and oxygen atoms in total. The first kappa shape index (κ1) is 32.8. The number of esters is 1. The van der Waals surface area contributed by atoms with Crippen LogP contribution in [0, 0.1) is 17.8 Å². The predicted octanol–water partition coefficient (Wildman–Crippen LogP) is 3.86.